The molecule has 124 valence electrons. The number of ether oxygens (including phenoxy) is 4. The topological polar surface area (TPSA) is 60.6 Å². The standard InChI is InChI=1S/C17H26O5/c1-11(2)6-7-13-15(3,22-13)14-16(10-21-16)9-8-12(18)17(14,19-4)20-5/h6,13-14H,7-10H2,1-5H3/t13-,14-,15?,16+/m1/s1. The highest BCUT2D eigenvalue weighted by molar-refractivity contribution is 5.88. The molecular weight excluding hydrogens is 284 g/mol. The smallest absolute Gasteiger partial charge is 0.237 e. The van der Waals surface area contributed by atoms with Gasteiger partial charge in [0.05, 0.1) is 18.6 Å². The van der Waals surface area contributed by atoms with Gasteiger partial charge < -0.3 is 18.9 Å². The minimum Gasteiger partial charge on any atom is -0.369 e. The van der Waals surface area contributed by atoms with Crippen molar-refractivity contribution >= 4 is 5.78 Å². The molecule has 0 aromatic rings. The minimum atomic E-state index is -1.26. The number of Topliss-reactive ketones (excluding diaryl/α,β-unsaturated/α-hetero) is 1. The normalized spacial score (nSPS) is 42.3. The van der Waals surface area contributed by atoms with Gasteiger partial charge in [-0.25, -0.2) is 0 Å². The van der Waals surface area contributed by atoms with Gasteiger partial charge in [0.15, 0.2) is 5.78 Å². The largest absolute Gasteiger partial charge is 0.369 e. The molecule has 1 unspecified atom stereocenters. The Morgan fingerprint density at radius 1 is 1.36 bits per heavy atom. The molecule has 3 rings (SSSR count). The van der Waals surface area contributed by atoms with Crippen LogP contribution in [0.25, 0.3) is 0 Å². The van der Waals surface area contributed by atoms with Gasteiger partial charge in [0.25, 0.3) is 0 Å². The molecule has 0 aromatic heterocycles. The Labute approximate surface area is 131 Å². The maximum atomic E-state index is 12.6. The van der Waals surface area contributed by atoms with Crippen LogP contribution in [0, 0.1) is 5.92 Å². The van der Waals surface area contributed by atoms with E-state index in [1.54, 1.807) is 0 Å². The third-order valence-corrected chi connectivity index (χ3v) is 5.48. The van der Waals surface area contributed by atoms with E-state index in [1.807, 2.05) is 0 Å². The molecule has 2 aliphatic heterocycles. The van der Waals surface area contributed by atoms with Crippen molar-refractivity contribution in [2.24, 2.45) is 5.92 Å². The second-order valence-corrected chi connectivity index (χ2v) is 7.09. The minimum absolute atomic E-state index is 0.0127. The van der Waals surface area contributed by atoms with Gasteiger partial charge in [-0.2, -0.15) is 0 Å². The van der Waals surface area contributed by atoms with Gasteiger partial charge in [0.2, 0.25) is 5.79 Å². The molecule has 1 saturated carbocycles. The van der Waals surface area contributed by atoms with Crippen molar-refractivity contribution in [2.75, 3.05) is 20.8 Å². The Bertz CT molecular complexity index is 499. The molecule has 1 aliphatic carbocycles. The van der Waals surface area contributed by atoms with Crippen molar-refractivity contribution in [3.63, 3.8) is 0 Å². The highest BCUT2D eigenvalue weighted by atomic mass is 16.7. The summed E-state index contributed by atoms with van der Waals surface area (Å²) in [6.07, 6.45) is 4.22. The number of allylic oxidation sites excluding steroid dienone is 1. The Balaban J connectivity index is 1.91. The molecule has 5 nitrogen and oxygen atoms in total. The number of ketones is 1. The van der Waals surface area contributed by atoms with Crippen LogP contribution in [0.5, 0.6) is 0 Å². The molecule has 2 saturated heterocycles. The first-order valence-electron chi connectivity index (χ1n) is 7.93. The molecule has 0 bridgehead atoms. The third-order valence-electron chi connectivity index (χ3n) is 5.48. The van der Waals surface area contributed by atoms with Gasteiger partial charge in [0.1, 0.15) is 11.2 Å². The lowest BCUT2D eigenvalue weighted by molar-refractivity contribution is -0.257. The molecule has 1 spiro atoms. The van der Waals surface area contributed by atoms with E-state index < -0.39 is 11.4 Å². The summed E-state index contributed by atoms with van der Waals surface area (Å²) in [6.45, 7) is 6.84. The molecule has 4 atom stereocenters. The van der Waals surface area contributed by atoms with Gasteiger partial charge >= 0.3 is 0 Å². The van der Waals surface area contributed by atoms with Crippen LogP contribution in [0.1, 0.15) is 40.0 Å². The van der Waals surface area contributed by atoms with E-state index in [1.165, 1.54) is 19.8 Å². The second kappa shape index (κ2) is 5.13. The summed E-state index contributed by atoms with van der Waals surface area (Å²) in [4.78, 5) is 12.6. The molecule has 0 amide bonds. The highest BCUT2D eigenvalue weighted by Crippen LogP contribution is 2.61. The second-order valence-electron chi connectivity index (χ2n) is 7.09. The zero-order valence-corrected chi connectivity index (χ0v) is 14.1. The van der Waals surface area contributed by atoms with Crippen molar-refractivity contribution in [3.8, 4) is 0 Å². The molecule has 2 heterocycles. The molecule has 22 heavy (non-hydrogen) atoms. The van der Waals surface area contributed by atoms with Crippen molar-refractivity contribution in [1.29, 1.82) is 0 Å². The number of carbonyl (C=O) groups excluding carboxylic acids is 1. The Kier molecular flexibility index (Phi) is 3.76. The van der Waals surface area contributed by atoms with Gasteiger partial charge in [-0.15, -0.1) is 0 Å². The molecule has 3 fully saturated rings. The van der Waals surface area contributed by atoms with E-state index in [0.29, 0.717) is 13.0 Å². The maximum Gasteiger partial charge on any atom is 0.237 e. The van der Waals surface area contributed by atoms with Crippen LogP contribution < -0.4 is 0 Å². The molecule has 3 aliphatic rings. The number of hydrogen-bond acceptors (Lipinski definition) is 5. The van der Waals surface area contributed by atoms with E-state index in [9.17, 15) is 4.79 Å². The van der Waals surface area contributed by atoms with Crippen LogP contribution >= 0.6 is 0 Å². The van der Waals surface area contributed by atoms with Gasteiger partial charge in [0, 0.05) is 20.6 Å². The van der Waals surface area contributed by atoms with Crippen LogP contribution in [-0.4, -0.2) is 49.7 Å². The SMILES string of the molecule is COC1(OC)C(=O)CC[C@]2(CO2)[C@H]1C1(C)O[C@@H]1CC=C(C)C. The van der Waals surface area contributed by atoms with E-state index in [2.05, 4.69) is 26.8 Å². The maximum absolute atomic E-state index is 12.6. The molecule has 0 N–H and O–H groups in total. The Morgan fingerprint density at radius 3 is 2.50 bits per heavy atom. The summed E-state index contributed by atoms with van der Waals surface area (Å²) in [6, 6.07) is 0. The van der Waals surface area contributed by atoms with Crippen molar-refractivity contribution in [3.05, 3.63) is 11.6 Å². The summed E-state index contributed by atoms with van der Waals surface area (Å²) in [7, 11) is 3.07. The van der Waals surface area contributed by atoms with Gasteiger partial charge in [-0.05, 0) is 33.6 Å². The van der Waals surface area contributed by atoms with E-state index >= 15 is 0 Å². The summed E-state index contributed by atoms with van der Waals surface area (Å²) in [5.74, 6) is -1.51. The predicted molar refractivity (Wildman–Crippen MR) is 80.5 cm³/mol. The van der Waals surface area contributed by atoms with E-state index in [0.717, 1.165) is 12.8 Å². The van der Waals surface area contributed by atoms with Crippen LogP contribution in [0.2, 0.25) is 0 Å². The summed E-state index contributed by atoms with van der Waals surface area (Å²) in [5.41, 5.74) is 0.471. The third kappa shape index (κ3) is 2.18. The number of carbonyl (C=O) groups is 1. The molecule has 0 radical (unpaired) electrons. The van der Waals surface area contributed by atoms with Gasteiger partial charge in [-0.1, -0.05) is 11.6 Å². The molecular formula is C17H26O5. The first-order valence-corrected chi connectivity index (χ1v) is 7.93. The summed E-state index contributed by atoms with van der Waals surface area (Å²) < 4.78 is 23.1. The van der Waals surface area contributed by atoms with Crippen LogP contribution in [0.4, 0.5) is 0 Å². The van der Waals surface area contributed by atoms with Crippen LogP contribution in [0.15, 0.2) is 11.6 Å². The fourth-order valence-corrected chi connectivity index (χ4v) is 4.15. The Hall–Kier alpha value is -0.750. The number of hydrogen-bond donors (Lipinski definition) is 0. The van der Waals surface area contributed by atoms with Gasteiger partial charge in [-0.3, -0.25) is 4.79 Å². The number of methoxy groups -OCH3 is 2. The fourth-order valence-electron chi connectivity index (χ4n) is 4.15. The zero-order chi connectivity index (χ0) is 16.2. The fraction of sp³-hybridized carbons (Fsp3) is 0.824. The summed E-state index contributed by atoms with van der Waals surface area (Å²) in [5, 5.41) is 0. The van der Waals surface area contributed by atoms with Crippen molar-refractivity contribution < 1.29 is 23.7 Å². The molecule has 0 aromatic carbocycles. The van der Waals surface area contributed by atoms with Crippen LogP contribution in [-0.2, 0) is 23.7 Å². The average molecular weight is 310 g/mol. The summed E-state index contributed by atoms with van der Waals surface area (Å²) >= 11 is 0. The molecule has 5 heteroatoms. The first kappa shape index (κ1) is 16.1. The monoisotopic (exact) mass is 310 g/mol. The first-order chi connectivity index (χ1) is 10.3. The highest BCUT2D eigenvalue weighted by Gasteiger charge is 2.77. The van der Waals surface area contributed by atoms with E-state index in [-0.39, 0.29) is 23.4 Å². The Morgan fingerprint density at radius 2 is 2.00 bits per heavy atom. The number of epoxide rings is 2. The van der Waals surface area contributed by atoms with Crippen LogP contribution in [0.3, 0.4) is 0 Å². The number of rotatable bonds is 5. The lowest BCUT2D eigenvalue weighted by Crippen LogP contribution is -2.63. The predicted octanol–water partition coefficient (Wildman–Crippen LogP) is 2.24. The average Bonchev–Trinajstić information content (AvgIpc) is 3.38. The van der Waals surface area contributed by atoms with Crippen molar-refractivity contribution in [2.45, 2.75) is 63.1 Å². The zero-order valence-electron chi connectivity index (χ0n) is 14.1. The quantitative estimate of drug-likeness (QED) is 0.443. The van der Waals surface area contributed by atoms with E-state index in [4.69, 9.17) is 18.9 Å². The lowest BCUT2D eigenvalue weighted by atomic mass is 9.66. The lowest BCUT2D eigenvalue weighted by Gasteiger charge is -2.45. The van der Waals surface area contributed by atoms with Crippen molar-refractivity contribution in [1.82, 2.24) is 0 Å².